The fourth-order valence-electron chi connectivity index (χ4n) is 5.03. The van der Waals surface area contributed by atoms with E-state index in [9.17, 15) is 9.59 Å². The topological polar surface area (TPSA) is 40.6 Å². The molecule has 0 atom stereocenters. The Kier molecular flexibility index (Phi) is 5.42. The highest BCUT2D eigenvalue weighted by Gasteiger charge is 2.61. The molecule has 0 aromatic heterocycles. The molecule has 1 heterocycles. The standard InChI is InChI=1S/C29H26N2O2Si/c1-29(2)27(32)31(28(33)30(29)23-15-7-3-8-16-23)34(24-17-9-4-10-18-24,25-19-11-5-12-20-25)26-21-13-6-14-22-26/h3-22H,1-2H3. The Morgan fingerprint density at radius 1 is 0.559 bits per heavy atom. The average molecular weight is 463 g/mol. The van der Waals surface area contributed by atoms with E-state index in [4.69, 9.17) is 0 Å². The number of benzene rings is 4. The summed E-state index contributed by atoms with van der Waals surface area (Å²) in [4.78, 5) is 30.3. The molecular formula is C29H26N2O2Si. The number of rotatable bonds is 5. The van der Waals surface area contributed by atoms with Crippen molar-refractivity contribution in [2.24, 2.45) is 0 Å². The number of hydrogen-bond donors (Lipinski definition) is 0. The molecule has 0 radical (unpaired) electrons. The highest BCUT2D eigenvalue weighted by Crippen LogP contribution is 2.35. The first kappa shape index (κ1) is 21.9. The van der Waals surface area contributed by atoms with Crippen LogP contribution < -0.4 is 20.5 Å². The fourth-order valence-corrected chi connectivity index (χ4v) is 9.79. The minimum Gasteiger partial charge on any atom is -0.280 e. The van der Waals surface area contributed by atoms with Crippen LogP contribution in [0.15, 0.2) is 121 Å². The van der Waals surface area contributed by atoms with Gasteiger partial charge in [-0.2, -0.15) is 0 Å². The summed E-state index contributed by atoms with van der Waals surface area (Å²) in [5, 5.41) is 2.96. The molecule has 0 spiro atoms. The molecule has 3 amide bonds. The van der Waals surface area contributed by atoms with Gasteiger partial charge < -0.3 is 0 Å². The van der Waals surface area contributed by atoms with Gasteiger partial charge in [-0.3, -0.25) is 14.3 Å². The zero-order valence-electron chi connectivity index (χ0n) is 19.3. The maximum atomic E-state index is 14.4. The lowest BCUT2D eigenvalue weighted by atomic mass is 10.0. The van der Waals surface area contributed by atoms with Gasteiger partial charge in [0.15, 0.2) is 0 Å². The lowest BCUT2D eigenvalue weighted by Gasteiger charge is -2.39. The van der Waals surface area contributed by atoms with Gasteiger partial charge in [0.25, 0.3) is 8.24 Å². The lowest BCUT2D eigenvalue weighted by molar-refractivity contribution is -0.126. The second-order valence-electron chi connectivity index (χ2n) is 8.96. The van der Waals surface area contributed by atoms with Crippen LogP contribution in [0.5, 0.6) is 0 Å². The van der Waals surface area contributed by atoms with Crippen molar-refractivity contribution in [3.63, 3.8) is 0 Å². The number of anilines is 1. The second kappa shape index (κ2) is 8.43. The van der Waals surface area contributed by atoms with E-state index >= 15 is 0 Å². The molecular weight excluding hydrogens is 436 g/mol. The predicted molar refractivity (Wildman–Crippen MR) is 139 cm³/mol. The van der Waals surface area contributed by atoms with E-state index in [0.29, 0.717) is 5.69 Å². The van der Waals surface area contributed by atoms with Crippen molar-refractivity contribution in [3.8, 4) is 0 Å². The molecule has 1 fully saturated rings. The van der Waals surface area contributed by atoms with E-state index in [1.165, 1.54) is 0 Å². The van der Waals surface area contributed by atoms with Crippen LogP contribution >= 0.6 is 0 Å². The summed E-state index contributed by atoms with van der Waals surface area (Å²) >= 11 is 0. The molecule has 5 heteroatoms. The third kappa shape index (κ3) is 3.20. The molecule has 0 saturated carbocycles. The zero-order valence-corrected chi connectivity index (χ0v) is 20.3. The van der Waals surface area contributed by atoms with E-state index in [1.54, 1.807) is 9.47 Å². The number of para-hydroxylation sites is 1. The number of hydrogen-bond acceptors (Lipinski definition) is 2. The van der Waals surface area contributed by atoms with Gasteiger partial charge in [-0.05, 0) is 41.5 Å². The molecule has 1 aliphatic rings. The number of imide groups is 1. The van der Waals surface area contributed by atoms with Gasteiger partial charge in [-0.15, -0.1) is 0 Å². The minimum atomic E-state index is -3.29. The monoisotopic (exact) mass is 462 g/mol. The van der Waals surface area contributed by atoms with Gasteiger partial charge in [0.2, 0.25) is 5.91 Å². The molecule has 4 aromatic rings. The Labute approximate surface area is 201 Å². The average Bonchev–Trinajstić information content (AvgIpc) is 3.06. The van der Waals surface area contributed by atoms with Crippen molar-refractivity contribution >= 4 is 41.4 Å². The number of carbonyl (C=O) groups excluding carboxylic acids is 2. The number of amides is 3. The molecule has 4 nitrogen and oxygen atoms in total. The Bertz CT molecular complexity index is 1210. The van der Waals surface area contributed by atoms with E-state index in [1.807, 2.05) is 135 Å². The van der Waals surface area contributed by atoms with E-state index in [-0.39, 0.29) is 11.9 Å². The first-order valence-electron chi connectivity index (χ1n) is 11.4. The highest BCUT2D eigenvalue weighted by atomic mass is 28.3. The van der Waals surface area contributed by atoms with Crippen molar-refractivity contribution in [2.45, 2.75) is 19.4 Å². The van der Waals surface area contributed by atoms with Crippen LogP contribution in [0.4, 0.5) is 10.5 Å². The number of nitrogens with zero attached hydrogens (tertiary/aromatic N) is 2. The first-order chi connectivity index (χ1) is 16.5. The Balaban J connectivity index is 1.85. The molecule has 0 unspecified atom stereocenters. The van der Waals surface area contributed by atoms with Gasteiger partial charge in [-0.25, -0.2) is 4.79 Å². The Hall–Kier alpha value is -3.96. The summed E-state index contributed by atoms with van der Waals surface area (Å²) in [6, 6.07) is 39.2. The summed E-state index contributed by atoms with van der Waals surface area (Å²) in [5.41, 5.74) is -0.319. The molecule has 5 rings (SSSR count). The third-order valence-electron chi connectivity index (χ3n) is 6.59. The van der Waals surface area contributed by atoms with Gasteiger partial charge in [0, 0.05) is 5.69 Å². The second-order valence-corrected chi connectivity index (χ2v) is 12.6. The van der Waals surface area contributed by atoms with Crippen LogP contribution in [0, 0.1) is 0 Å². The Morgan fingerprint density at radius 2 is 0.912 bits per heavy atom. The summed E-state index contributed by atoms with van der Waals surface area (Å²) in [7, 11) is -3.29. The van der Waals surface area contributed by atoms with Crippen molar-refractivity contribution in [1.29, 1.82) is 0 Å². The zero-order chi connectivity index (χ0) is 23.8. The quantitative estimate of drug-likeness (QED) is 0.256. The predicted octanol–water partition coefficient (Wildman–Crippen LogP) is 3.90. The molecule has 168 valence electrons. The van der Waals surface area contributed by atoms with E-state index in [2.05, 4.69) is 0 Å². The van der Waals surface area contributed by atoms with E-state index < -0.39 is 13.8 Å². The minimum absolute atomic E-state index is 0.190. The fraction of sp³-hybridized carbons (Fsp3) is 0.103. The smallest absolute Gasteiger partial charge is 0.280 e. The SMILES string of the molecule is CC1(C)C(=O)N([Si](c2ccccc2)(c2ccccc2)c2ccccc2)C(=O)N1c1ccccc1. The summed E-state index contributed by atoms with van der Waals surface area (Å²) in [5.74, 6) is -0.190. The Morgan fingerprint density at radius 3 is 1.29 bits per heavy atom. The van der Waals surface area contributed by atoms with Crippen LogP contribution in [-0.2, 0) is 4.79 Å². The van der Waals surface area contributed by atoms with Gasteiger partial charge >= 0.3 is 6.03 Å². The van der Waals surface area contributed by atoms with Crippen molar-refractivity contribution < 1.29 is 9.59 Å². The molecule has 4 aromatic carbocycles. The summed E-state index contributed by atoms with van der Waals surface area (Å²) in [6.45, 7) is 3.67. The van der Waals surface area contributed by atoms with Crippen molar-refractivity contribution in [2.75, 3.05) is 4.90 Å². The van der Waals surface area contributed by atoms with Crippen molar-refractivity contribution in [1.82, 2.24) is 4.57 Å². The molecule has 1 aliphatic heterocycles. The summed E-state index contributed by atoms with van der Waals surface area (Å²) in [6.07, 6.45) is 0. The molecule has 0 N–H and O–H groups in total. The molecule has 1 saturated heterocycles. The largest absolute Gasteiger partial charge is 0.324 e. The van der Waals surface area contributed by atoms with Crippen LogP contribution in [0.1, 0.15) is 13.8 Å². The van der Waals surface area contributed by atoms with Crippen molar-refractivity contribution in [3.05, 3.63) is 121 Å². The molecule has 0 bridgehead atoms. The van der Waals surface area contributed by atoms with Crippen LogP contribution in [0.3, 0.4) is 0 Å². The first-order valence-corrected chi connectivity index (χ1v) is 13.3. The van der Waals surface area contributed by atoms with E-state index in [0.717, 1.165) is 15.6 Å². The van der Waals surface area contributed by atoms with Crippen LogP contribution in [0.25, 0.3) is 0 Å². The number of carbonyl (C=O) groups is 2. The van der Waals surface area contributed by atoms with Gasteiger partial charge in [-0.1, -0.05) is 109 Å². The molecule has 34 heavy (non-hydrogen) atoms. The van der Waals surface area contributed by atoms with Crippen LogP contribution in [-0.4, -0.2) is 30.3 Å². The maximum Gasteiger partial charge on any atom is 0.324 e. The lowest BCUT2D eigenvalue weighted by Crippen LogP contribution is -2.78. The number of urea groups is 1. The third-order valence-corrected chi connectivity index (χ3v) is 11.2. The van der Waals surface area contributed by atoms with Gasteiger partial charge in [0.1, 0.15) is 5.54 Å². The van der Waals surface area contributed by atoms with Gasteiger partial charge in [0.05, 0.1) is 0 Å². The molecule has 0 aliphatic carbocycles. The maximum absolute atomic E-state index is 14.4. The highest BCUT2D eigenvalue weighted by molar-refractivity contribution is 7.12. The van der Waals surface area contributed by atoms with Crippen LogP contribution in [0.2, 0.25) is 0 Å². The summed E-state index contributed by atoms with van der Waals surface area (Å²) < 4.78 is 1.60. The normalized spacial score (nSPS) is 15.6.